The quantitative estimate of drug-likeness (QED) is 0.212. The molecule has 7 aromatic carbocycles. The van der Waals surface area contributed by atoms with Crippen LogP contribution in [-0.2, 0) is 0 Å². The number of hydrogen-bond donors (Lipinski definition) is 0. The molecule has 0 unspecified atom stereocenters. The second-order valence-corrected chi connectivity index (χ2v) is 10.6. The van der Waals surface area contributed by atoms with Crippen LogP contribution in [0.25, 0.3) is 74.7 Å². The van der Waals surface area contributed by atoms with Gasteiger partial charge in [0.25, 0.3) is 0 Å². The molecule has 8 rings (SSSR count). The summed E-state index contributed by atoms with van der Waals surface area (Å²) in [5.74, 6) is 0. The number of thiophene rings is 1. The Bertz CT molecular complexity index is 2200. The Labute approximate surface area is 221 Å². The van der Waals surface area contributed by atoms with Crippen molar-refractivity contribution in [3.8, 4) is 22.3 Å². The van der Waals surface area contributed by atoms with E-state index in [1.165, 1.54) is 59.3 Å². The van der Waals surface area contributed by atoms with Crippen LogP contribution in [-0.4, -0.2) is 0 Å². The van der Waals surface area contributed by atoms with E-state index in [9.17, 15) is 0 Å². The van der Waals surface area contributed by atoms with E-state index >= 15 is 0 Å². The molecule has 0 aliphatic carbocycles. The van der Waals surface area contributed by atoms with Crippen molar-refractivity contribution in [3.05, 3.63) is 133 Å². The lowest BCUT2D eigenvalue weighted by molar-refractivity contribution is 1.69. The summed E-state index contributed by atoms with van der Waals surface area (Å²) in [6.07, 6.45) is 0. The van der Waals surface area contributed by atoms with Gasteiger partial charge in [-0.2, -0.15) is 0 Å². The van der Waals surface area contributed by atoms with E-state index in [0.29, 0.717) is 12.1 Å². The van der Waals surface area contributed by atoms with Crippen LogP contribution in [0.4, 0.5) is 0 Å². The monoisotopic (exact) mass is 488 g/mol. The summed E-state index contributed by atoms with van der Waals surface area (Å²) in [6, 6.07) is 43.6. The Balaban J connectivity index is 1.52. The molecule has 1 aromatic heterocycles. The van der Waals surface area contributed by atoms with Gasteiger partial charge in [0.15, 0.2) is 0 Å². The second kappa shape index (κ2) is 8.03. The van der Waals surface area contributed by atoms with Gasteiger partial charge in [-0.05, 0) is 72.8 Å². The maximum Gasteiger partial charge on any atom is 0.0623 e. The Morgan fingerprint density at radius 3 is 1.92 bits per heavy atom. The summed E-state index contributed by atoms with van der Waals surface area (Å²) in [5.41, 5.74) is 4.91. The topological polar surface area (TPSA) is 0 Å². The fraction of sp³-hybridized carbons (Fsp3) is 0. The molecule has 0 atom stereocenters. The van der Waals surface area contributed by atoms with Gasteiger partial charge in [0.05, 0.1) is 2.74 Å². The van der Waals surface area contributed by atoms with Crippen LogP contribution in [0.15, 0.2) is 133 Å². The molecule has 0 aliphatic heterocycles. The van der Waals surface area contributed by atoms with Gasteiger partial charge in [-0.1, -0.05) is 115 Å². The number of benzene rings is 7. The first-order chi connectivity index (χ1) is 19.2. The normalized spacial score (nSPS) is 12.5. The van der Waals surface area contributed by atoms with Gasteiger partial charge >= 0.3 is 0 Å². The predicted molar refractivity (Wildman–Crippen MR) is 163 cm³/mol. The summed E-state index contributed by atoms with van der Waals surface area (Å²) >= 11 is 1.76. The lowest BCUT2D eigenvalue weighted by Gasteiger charge is -2.18. The zero-order valence-corrected chi connectivity index (χ0v) is 20.8. The van der Waals surface area contributed by atoms with Crippen LogP contribution in [0.2, 0.25) is 0 Å². The molecule has 0 amide bonds. The summed E-state index contributed by atoms with van der Waals surface area (Å²) in [7, 11) is 0. The third-order valence-electron chi connectivity index (χ3n) is 7.52. The molecular weight excluding hydrogens is 464 g/mol. The Morgan fingerprint density at radius 2 is 1.14 bits per heavy atom. The third kappa shape index (κ3) is 3.08. The van der Waals surface area contributed by atoms with E-state index in [2.05, 4.69) is 91.0 Å². The summed E-state index contributed by atoms with van der Waals surface area (Å²) in [4.78, 5) is 0. The van der Waals surface area contributed by atoms with E-state index in [0.717, 1.165) is 15.5 Å². The molecule has 172 valence electrons. The molecule has 0 bridgehead atoms. The van der Waals surface area contributed by atoms with Crippen molar-refractivity contribution in [1.82, 2.24) is 0 Å². The van der Waals surface area contributed by atoms with E-state index in [1.54, 1.807) is 11.3 Å². The van der Waals surface area contributed by atoms with Gasteiger partial charge in [-0.25, -0.2) is 0 Å². The summed E-state index contributed by atoms with van der Waals surface area (Å²) in [6.45, 7) is 0. The SMILES string of the molecule is [2H]c1ccc2cc(-c3c4ccccc4c(-c4cccc5sc6cc([2H])ccc6c45)c4ccccc34)ccc2c1. The van der Waals surface area contributed by atoms with Crippen molar-refractivity contribution < 1.29 is 2.74 Å². The van der Waals surface area contributed by atoms with E-state index in [4.69, 9.17) is 2.74 Å². The first-order valence-corrected chi connectivity index (χ1v) is 13.3. The smallest absolute Gasteiger partial charge is 0.0623 e. The zero-order valence-electron chi connectivity index (χ0n) is 22.0. The number of fused-ring (bicyclic) bond motifs is 6. The molecule has 1 heteroatoms. The van der Waals surface area contributed by atoms with Crippen LogP contribution >= 0.6 is 11.3 Å². The lowest BCUT2D eigenvalue weighted by atomic mass is 9.84. The standard InChI is InChI=1S/C36H22S/c1-2-11-24-22-25(21-20-23(24)10-1)34-26-12-3-5-14-28(26)35(29-15-6-4-13-27(29)34)31-17-9-19-33-36(31)30-16-7-8-18-32(30)37-33/h1-22H/i1D,8D. The van der Waals surface area contributed by atoms with Gasteiger partial charge < -0.3 is 0 Å². The van der Waals surface area contributed by atoms with E-state index in [-0.39, 0.29) is 0 Å². The molecule has 0 saturated carbocycles. The van der Waals surface area contributed by atoms with Crippen molar-refractivity contribution in [3.63, 3.8) is 0 Å². The maximum absolute atomic E-state index is 8.15. The Hall–Kier alpha value is -4.46. The first-order valence-electron chi connectivity index (χ1n) is 13.5. The minimum atomic E-state index is 0.532. The van der Waals surface area contributed by atoms with Crippen molar-refractivity contribution in [1.29, 1.82) is 0 Å². The first kappa shape index (κ1) is 18.8. The van der Waals surface area contributed by atoms with Gasteiger partial charge in [-0.15, -0.1) is 11.3 Å². The van der Waals surface area contributed by atoms with E-state index < -0.39 is 0 Å². The van der Waals surface area contributed by atoms with Crippen LogP contribution in [0, 0.1) is 0 Å². The van der Waals surface area contributed by atoms with Crippen molar-refractivity contribution in [2.45, 2.75) is 0 Å². The highest BCUT2D eigenvalue weighted by Crippen LogP contribution is 2.47. The highest BCUT2D eigenvalue weighted by Gasteiger charge is 2.19. The van der Waals surface area contributed by atoms with Gasteiger partial charge in [0.2, 0.25) is 0 Å². The fourth-order valence-corrected chi connectivity index (χ4v) is 7.05. The molecule has 8 aromatic rings. The molecule has 0 N–H and O–H groups in total. The van der Waals surface area contributed by atoms with Gasteiger partial charge in [-0.3, -0.25) is 0 Å². The molecule has 0 spiro atoms. The molecular formula is C36H22S. The van der Waals surface area contributed by atoms with Crippen LogP contribution in [0.3, 0.4) is 0 Å². The third-order valence-corrected chi connectivity index (χ3v) is 8.63. The molecule has 0 saturated heterocycles. The van der Waals surface area contributed by atoms with E-state index in [1.807, 2.05) is 30.3 Å². The Morgan fingerprint density at radius 1 is 0.459 bits per heavy atom. The van der Waals surface area contributed by atoms with Gasteiger partial charge in [0, 0.05) is 20.2 Å². The number of hydrogen-bond acceptors (Lipinski definition) is 1. The number of rotatable bonds is 2. The summed E-state index contributed by atoms with van der Waals surface area (Å²) < 4.78 is 18.6. The van der Waals surface area contributed by atoms with Crippen molar-refractivity contribution >= 4 is 63.8 Å². The van der Waals surface area contributed by atoms with Crippen LogP contribution < -0.4 is 0 Å². The molecule has 0 radical (unpaired) electrons. The molecule has 1 heterocycles. The fourth-order valence-electron chi connectivity index (χ4n) is 5.94. The average Bonchev–Trinajstić information content (AvgIpc) is 3.33. The van der Waals surface area contributed by atoms with Gasteiger partial charge in [0.1, 0.15) is 0 Å². The highest BCUT2D eigenvalue weighted by atomic mass is 32.1. The largest absolute Gasteiger partial charge is 0.135 e. The van der Waals surface area contributed by atoms with Crippen molar-refractivity contribution in [2.75, 3.05) is 0 Å². The average molecular weight is 489 g/mol. The lowest BCUT2D eigenvalue weighted by Crippen LogP contribution is -1.91. The van der Waals surface area contributed by atoms with Crippen LogP contribution in [0.1, 0.15) is 2.74 Å². The summed E-state index contributed by atoms with van der Waals surface area (Å²) in [5, 5.41) is 9.63. The second-order valence-electron chi connectivity index (χ2n) is 9.53. The highest BCUT2D eigenvalue weighted by molar-refractivity contribution is 7.25. The molecule has 37 heavy (non-hydrogen) atoms. The predicted octanol–water partition coefficient (Wildman–Crippen LogP) is 10.8. The molecule has 0 nitrogen and oxygen atoms in total. The Kier molecular flexibility index (Phi) is 4.07. The van der Waals surface area contributed by atoms with Crippen molar-refractivity contribution in [2.24, 2.45) is 0 Å². The zero-order chi connectivity index (χ0) is 26.1. The molecule has 0 fully saturated rings. The maximum atomic E-state index is 8.15. The minimum absolute atomic E-state index is 0.532. The molecule has 0 aliphatic rings. The van der Waals surface area contributed by atoms with Crippen LogP contribution in [0.5, 0.6) is 0 Å². The minimum Gasteiger partial charge on any atom is -0.135 e.